The highest BCUT2D eigenvalue weighted by Crippen LogP contribution is 2.38. The number of rotatable bonds is 3. The molecule has 0 amide bonds. The van der Waals surface area contributed by atoms with Gasteiger partial charge >= 0.3 is 0 Å². The van der Waals surface area contributed by atoms with Crippen molar-refractivity contribution in [2.45, 2.75) is 50.7 Å². The molecule has 4 atom stereocenters. The van der Waals surface area contributed by atoms with Crippen LogP contribution in [0.25, 0.3) is 22.2 Å². The maximum Gasteiger partial charge on any atom is 0.164 e. The van der Waals surface area contributed by atoms with E-state index in [1.165, 1.54) is 11.9 Å². The van der Waals surface area contributed by atoms with Gasteiger partial charge in [0.15, 0.2) is 6.23 Å². The van der Waals surface area contributed by atoms with Crippen molar-refractivity contribution in [3.8, 4) is 11.1 Å². The Morgan fingerprint density at radius 3 is 2.38 bits per heavy atom. The highest BCUT2D eigenvalue weighted by Gasteiger charge is 2.44. The summed E-state index contributed by atoms with van der Waals surface area (Å²) in [7, 11) is 0. The van der Waals surface area contributed by atoms with Crippen LogP contribution in [0.3, 0.4) is 0 Å². The molecule has 3 aromatic rings. The molecule has 1 aromatic carbocycles. The van der Waals surface area contributed by atoms with E-state index in [-0.39, 0.29) is 5.41 Å². The van der Waals surface area contributed by atoms with Gasteiger partial charge in [0.2, 0.25) is 0 Å². The number of hydrogen-bond donors (Lipinski definition) is 4. The van der Waals surface area contributed by atoms with Crippen molar-refractivity contribution < 1.29 is 20.1 Å². The molecular formula is C21H26N4O4. The Hall–Kier alpha value is -2.52. The normalized spacial score (nSPS) is 25.0. The predicted octanol–water partition coefficient (Wildman–Crippen LogP) is 1.59. The molecule has 29 heavy (non-hydrogen) atoms. The number of aromatic nitrogens is 3. The lowest BCUT2D eigenvalue weighted by Crippen LogP contribution is -2.33. The van der Waals surface area contributed by atoms with Gasteiger partial charge in [0.25, 0.3) is 0 Å². The minimum Gasteiger partial charge on any atom is -0.394 e. The van der Waals surface area contributed by atoms with Crippen LogP contribution in [-0.4, -0.2) is 54.8 Å². The van der Waals surface area contributed by atoms with Crippen LogP contribution < -0.4 is 5.73 Å². The fourth-order valence-corrected chi connectivity index (χ4v) is 3.78. The Morgan fingerprint density at radius 1 is 1.10 bits per heavy atom. The van der Waals surface area contributed by atoms with E-state index < -0.39 is 31.1 Å². The smallest absolute Gasteiger partial charge is 0.164 e. The van der Waals surface area contributed by atoms with Crippen molar-refractivity contribution >= 4 is 16.9 Å². The first kappa shape index (κ1) is 19.8. The molecule has 0 spiro atoms. The van der Waals surface area contributed by atoms with E-state index in [9.17, 15) is 15.3 Å². The topological polar surface area (TPSA) is 127 Å². The van der Waals surface area contributed by atoms with Gasteiger partial charge in [0.05, 0.1) is 12.0 Å². The zero-order valence-electron chi connectivity index (χ0n) is 16.6. The molecule has 0 radical (unpaired) electrons. The van der Waals surface area contributed by atoms with Crippen molar-refractivity contribution in [3.05, 3.63) is 42.4 Å². The molecule has 0 saturated carbocycles. The van der Waals surface area contributed by atoms with Gasteiger partial charge < -0.3 is 30.4 Å². The van der Waals surface area contributed by atoms with Crippen LogP contribution in [0.2, 0.25) is 0 Å². The third-order valence-corrected chi connectivity index (χ3v) is 5.49. The number of benzene rings is 1. The van der Waals surface area contributed by atoms with Crippen molar-refractivity contribution in [1.82, 2.24) is 14.5 Å². The van der Waals surface area contributed by atoms with Crippen LogP contribution in [0.1, 0.15) is 32.6 Å². The molecule has 0 bridgehead atoms. The number of aliphatic hydroxyl groups is 3. The summed E-state index contributed by atoms with van der Waals surface area (Å²) in [6.07, 6.45) is -1.04. The number of ether oxygens (including phenoxy) is 1. The van der Waals surface area contributed by atoms with Crippen LogP contribution in [0, 0.1) is 0 Å². The van der Waals surface area contributed by atoms with Crippen LogP contribution in [0.5, 0.6) is 0 Å². The number of aliphatic hydroxyl groups excluding tert-OH is 3. The molecule has 8 heteroatoms. The first-order valence-corrected chi connectivity index (χ1v) is 9.56. The second-order valence-corrected chi connectivity index (χ2v) is 8.46. The molecule has 8 nitrogen and oxygen atoms in total. The Bertz CT molecular complexity index is 1030. The van der Waals surface area contributed by atoms with Gasteiger partial charge in [0.1, 0.15) is 36.1 Å². The summed E-state index contributed by atoms with van der Waals surface area (Å²) in [6, 6.07) is 8.18. The van der Waals surface area contributed by atoms with E-state index in [2.05, 4.69) is 42.9 Å². The zero-order valence-corrected chi connectivity index (χ0v) is 16.6. The Morgan fingerprint density at radius 2 is 1.79 bits per heavy atom. The number of nitrogens with two attached hydrogens (primary N) is 1. The molecule has 4 rings (SSSR count). The molecule has 1 aliphatic heterocycles. The van der Waals surface area contributed by atoms with Gasteiger partial charge in [-0.1, -0.05) is 45.0 Å². The minimum absolute atomic E-state index is 0.0336. The monoisotopic (exact) mass is 398 g/mol. The average molecular weight is 398 g/mol. The SMILES string of the molecule is CC(C)(C)c1ccc(-c2cn([C@@H]3O[C@H](CO)[C@@H](O)[C@H]3O)c3ncnc(N)c23)cc1. The maximum absolute atomic E-state index is 10.5. The summed E-state index contributed by atoms with van der Waals surface area (Å²) in [5, 5.41) is 30.7. The van der Waals surface area contributed by atoms with Crippen molar-refractivity contribution in [3.63, 3.8) is 0 Å². The highest BCUT2D eigenvalue weighted by molar-refractivity contribution is 6.00. The fourth-order valence-electron chi connectivity index (χ4n) is 3.78. The van der Waals surface area contributed by atoms with Gasteiger partial charge in [-0.3, -0.25) is 0 Å². The van der Waals surface area contributed by atoms with Gasteiger partial charge in [-0.15, -0.1) is 0 Å². The van der Waals surface area contributed by atoms with Crippen LogP contribution in [0.15, 0.2) is 36.8 Å². The minimum atomic E-state index is -1.21. The number of hydrogen-bond acceptors (Lipinski definition) is 7. The quantitative estimate of drug-likeness (QED) is 0.528. The molecule has 1 fully saturated rings. The fraction of sp³-hybridized carbons (Fsp3) is 0.429. The van der Waals surface area contributed by atoms with Crippen LogP contribution in [-0.2, 0) is 10.2 Å². The van der Waals surface area contributed by atoms with Crippen molar-refractivity contribution in [1.29, 1.82) is 0 Å². The lowest BCUT2D eigenvalue weighted by molar-refractivity contribution is -0.0508. The first-order valence-electron chi connectivity index (χ1n) is 9.56. The number of nitrogens with zero attached hydrogens (tertiary/aromatic N) is 3. The molecule has 2 aromatic heterocycles. The summed E-state index contributed by atoms with van der Waals surface area (Å²) in [6.45, 7) is 6.07. The maximum atomic E-state index is 10.5. The zero-order chi connectivity index (χ0) is 20.9. The molecule has 0 unspecified atom stereocenters. The molecule has 154 valence electrons. The molecule has 1 aliphatic rings. The van der Waals surface area contributed by atoms with E-state index >= 15 is 0 Å². The van der Waals surface area contributed by atoms with Gasteiger partial charge in [-0.25, -0.2) is 9.97 Å². The number of nitrogen functional groups attached to an aromatic ring is 1. The lowest BCUT2D eigenvalue weighted by atomic mass is 9.86. The summed E-state index contributed by atoms with van der Waals surface area (Å²) < 4.78 is 7.34. The van der Waals surface area contributed by atoms with E-state index in [0.29, 0.717) is 16.9 Å². The van der Waals surface area contributed by atoms with E-state index in [4.69, 9.17) is 10.5 Å². The lowest BCUT2D eigenvalue weighted by Gasteiger charge is -2.19. The number of anilines is 1. The van der Waals surface area contributed by atoms with Crippen molar-refractivity contribution in [2.24, 2.45) is 0 Å². The first-order chi connectivity index (χ1) is 13.7. The predicted molar refractivity (Wildman–Crippen MR) is 109 cm³/mol. The summed E-state index contributed by atoms with van der Waals surface area (Å²) in [5.41, 5.74) is 9.62. The van der Waals surface area contributed by atoms with Gasteiger partial charge in [-0.2, -0.15) is 0 Å². The van der Waals surface area contributed by atoms with E-state index in [1.54, 1.807) is 10.8 Å². The standard InChI is InChI=1S/C21H26N4O4/c1-21(2,3)12-6-4-11(5-7-12)13-8-25(19-15(13)18(22)23-10-24-19)20-17(28)16(27)14(9-26)29-20/h4-8,10,14,16-17,20,26-28H,9H2,1-3H3,(H2,22,23,24)/t14-,16-,17-,20-/m1/s1. The Balaban J connectivity index is 1.84. The summed E-state index contributed by atoms with van der Waals surface area (Å²) in [5.74, 6) is 0.315. The molecule has 5 N–H and O–H groups in total. The average Bonchev–Trinajstić information content (AvgIpc) is 3.20. The molecule has 0 aliphatic carbocycles. The second-order valence-electron chi connectivity index (χ2n) is 8.46. The van der Waals surface area contributed by atoms with Gasteiger partial charge in [0, 0.05) is 11.8 Å². The number of fused-ring (bicyclic) bond motifs is 1. The summed E-state index contributed by atoms with van der Waals surface area (Å²) in [4.78, 5) is 8.45. The second kappa shape index (κ2) is 7.07. The van der Waals surface area contributed by atoms with Crippen LogP contribution in [0.4, 0.5) is 5.82 Å². The molecular weight excluding hydrogens is 372 g/mol. The Labute approximate surface area is 168 Å². The van der Waals surface area contributed by atoms with Crippen LogP contribution >= 0.6 is 0 Å². The largest absolute Gasteiger partial charge is 0.394 e. The highest BCUT2D eigenvalue weighted by atomic mass is 16.6. The van der Waals surface area contributed by atoms with E-state index in [1.807, 2.05) is 12.1 Å². The van der Waals surface area contributed by atoms with Crippen molar-refractivity contribution in [2.75, 3.05) is 12.3 Å². The third kappa shape index (κ3) is 3.28. The van der Waals surface area contributed by atoms with E-state index in [0.717, 1.165) is 11.1 Å². The summed E-state index contributed by atoms with van der Waals surface area (Å²) >= 11 is 0. The third-order valence-electron chi connectivity index (χ3n) is 5.49. The Kier molecular flexibility index (Phi) is 4.82. The van der Waals surface area contributed by atoms with Gasteiger partial charge in [-0.05, 0) is 16.5 Å². The molecule has 3 heterocycles. The molecule has 1 saturated heterocycles.